The minimum atomic E-state index is -3.87. The van der Waals surface area contributed by atoms with Crippen molar-refractivity contribution in [2.45, 2.75) is 56.9 Å². The highest BCUT2D eigenvalue weighted by molar-refractivity contribution is 7.89. The first-order valence-electron chi connectivity index (χ1n) is 11.2. The van der Waals surface area contributed by atoms with Gasteiger partial charge in [-0.1, -0.05) is 19.3 Å². The summed E-state index contributed by atoms with van der Waals surface area (Å²) in [5, 5.41) is 5.43. The van der Waals surface area contributed by atoms with E-state index in [1.165, 1.54) is 23.4 Å². The fourth-order valence-electron chi connectivity index (χ4n) is 3.97. The molecule has 0 aromatic heterocycles. The molecule has 1 saturated carbocycles. The zero-order chi connectivity index (χ0) is 23.8. The molecule has 178 valence electrons. The third-order valence-electron chi connectivity index (χ3n) is 5.51. The van der Waals surface area contributed by atoms with Crippen LogP contribution in [-0.4, -0.2) is 43.7 Å². The van der Waals surface area contributed by atoms with Crippen molar-refractivity contribution in [3.05, 3.63) is 48.5 Å². The summed E-state index contributed by atoms with van der Waals surface area (Å²) in [6.45, 7) is 3.50. The highest BCUT2D eigenvalue weighted by Gasteiger charge is 2.34. The number of hydrogen-bond donors (Lipinski definition) is 2. The number of sulfonamides is 1. The maximum Gasteiger partial charge on any atom is 0.243 e. The molecule has 1 aliphatic carbocycles. The van der Waals surface area contributed by atoms with Crippen molar-refractivity contribution in [2.75, 3.05) is 23.8 Å². The predicted octanol–water partition coefficient (Wildman–Crippen LogP) is 4.01. The van der Waals surface area contributed by atoms with Gasteiger partial charge >= 0.3 is 0 Å². The van der Waals surface area contributed by atoms with E-state index in [1.807, 2.05) is 6.92 Å². The molecule has 0 bridgehead atoms. The summed E-state index contributed by atoms with van der Waals surface area (Å²) < 4.78 is 33.8. The quantitative estimate of drug-likeness (QED) is 0.573. The summed E-state index contributed by atoms with van der Waals surface area (Å²) in [6, 6.07) is 12.8. The summed E-state index contributed by atoms with van der Waals surface area (Å²) in [4.78, 5) is 24.1. The van der Waals surface area contributed by atoms with E-state index in [4.69, 9.17) is 4.74 Å². The molecule has 9 heteroatoms. The van der Waals surface area contributed by atoms with Gasteiger partial charge in [0.1, 0.15) is 5.75 Å². The third kappa shape index (κ3) is 6.79. The van der Waals surface area contributed by atoms with Crippen LogP contribution in [0.1, 0.15) is 46.0 Å². The van der Waals surface area contributed by atoms with E-state index in [2.05, 4.69) is 10.6 Å². The average Bonchev–Trinajstić information content (AvgIpc) is 2.79. The van der Waals surface area contributed by atoms with Crippen LogP contribution in [0, 0.1) is 0 Å². The van der Waals surface area contributed by atoms with E-state index in [1.54, 1.807) is 36.4 Å². The Bertz CT molecular complexity index is 1050. The molecule has 0 radical (unpaired) electrons. The molecule has 1 fully saturated rings. The Kier molecular flexibility index (Phi) is 8.46. The van der Waals surface area contributed by atoms with Crippen LogP contribution in [0.15, 0.2) is 53.4 Å². The van der Waals surface area contributed by atoms with Crippen molar-refractivity contribution >= 4 is 33.2 Å². The van der Waals surface area contributed by atoms with Gasteiger partial charge in [-0.05, 0) is 68.3 Å². The van der Waals surface area contributed by atoms with Crippen molar-refractivity contribution in [1.29, 1.82) is 0 Å². The Morgan fingerprint density at radius 1 is 0.939 bits per heavy atom. The van der Waals surface area contributed by atoms with E-state index in [0.717, 1.165) is 32.1 Å². The smallest absolute Gasteiger partial charge is 0.243 e. The lowest BCUT2D eigenvalue weighted by atomic mass is 9.95. The Labute approximate surface area is 195 Å². The van der Waals surface area contributed by atoms with Crippen LogP contribution in [0.25, 0.3) is 0 Å². The molecule has 8 nitrogen and oxygen atoms in total. The summed E-state index contributed by atoms with van der Waals surface area (Å²) in [7, 11) is -3.87. The van der Waals surface area contributed by atoms with Crippen molar-refractivity contribution in [3.63, 3.8) is 0 Å². The summed E-state index contributed by atoms with van der Waals surface area (Å²) in [5.74, 6) is -0.00196. The number of nitrogens with zero attached hydrogens (tertiary/aromatic N) is 1. The van der Waals surface area contributed by atoms with E-state index < -0.39 is 15.9 Å². The minimum Gasteiger partial charge on any atom is -0.494 e. The van der Waals surface area contributed by atoms with Gasteiger partial charge in [-0.3, -0.25) is 9.59 Å². The van der Waals surface area contributed by atoms with Gasteiger partial charge < -0.3 is 15.4 Å². The van der Waals surface area contributed by atoms with Crippen LogP contribution in [0.4, 0.5) is 11.4 Å². The van der Waals surface area contributed by atoms with Crippen LogP contribution < -0.4 is 15.4 Å². The summed E-state index contributed by atoms with van der Waals surface area (Å²) in [5.41, 5.74) is 1.14. The first kappa shape index (κ1) is 24.7. The van der Waals surface area contributed by atoms with Crippen molar-refractivity contribution in [1.82, 2.24) is 4.31 Å². The number of rotatable bonds is 9. The Morgan fingerprint density at radius 3 is 2.06 bits per heavy atom. The fourth-order valence-corrected chi connectivity index (χ4v) is 5.61. The highest BCUT2D eigenvalue weighted by atomic mass is 32.2. The molecule has 3 rings (SSSR count). The fraction of sp³-hybridized carbons (Fsp3) is 0.417. The maximum atomic E-state index is 13.5. The second-order valence-corrected chi connectivity index (χ2v) is 9.94. The van der Waals surface area contributed by atoms with Crippen LogP contribution in [-0.2, 0) is 19.6 Å². The molecule has 0 atom stereocenters. The first-order chi connectivity index (χ1) is 15.8. The van der Waals surface area contributed by atoms with Crippen molar-refractivity contribution in [3.8, 4) is 5.75 Å². The second kappa shape index (κ2) is 11.3. The zero-order valence-electron chi connectivity index (χ0n) is 19.0. The van der Waals surface area contributed by atoms with Gasteiger partial charge in [-0.15, -0.1) is 0 Å². The lowest BCUT2D eigenvalue weighted by Crippen LogP contribution is -2.45. The topological polar surface area (TPSA) is 105 Å². The number of benzene rings is 2. The molecule has 0 heterocycles. The van der Waals surface area contributed by atoms with Gasteiger partial charge in [0.25, 0.3) is 0 Å². The first-order valence-corrected chi connectivity index (χ1v) is 12.7. The van der Waals surface area contributed by atoms with E-state index in [-0.39, 0.29) is 23.4 Å². The van der Waals surface area contributed by atoms with Gasteiger partial charge in [0, 0.05) is 24.3 Å². The van der Waals surface area contributed by atoms with Crippen molar-refractivity contribution in [2.24, 2.45) is 0 Å². The van der Waals surface area contributed by atoms with Crippen LogP contribution >= 0.6 is 0 Å². The number of carbonyl (C=O) groups is 2. The third-order valence-corrected chi connectivity index (χ3v) is 7.42. The largest absolute Gasteiger partial charge is 0.494 e. The van der Waals surface area contributed by atoms with Gasteiger partial charge in [-0.25, -0.2) is 8.42 Å². The summed E-state index contributed by atoms with van der Waals surface area (Å²) in [6.07, 6.45) is 4.41. The number of amides is 2. The SMILES string of the molecule is CCOc1ccc(S(=O)(=O)N(CC(=O)Nc2ccc(NC(C)=O)cc2)C2CCCCC2)cc1. The zero-order valence-corrected chi connectivity index (χ0v) is 19.9. The molecule has 2 aromatic carbocycles. The number of hydrogen-bond acceptors (Lipinski definition) is 5. The Hall–Kier alpha value is -2.91. The molecule has 0 unspecified atom stereocenters. The maximum absolute atomic E-state index is 13.5. The normalized spacial score (nSPS) is 14.6. The van der Waals surface area contributed by atoms with Gasteiger partial charge in [-0.2, -0.15) is 4.31 Å². The molecule has 2 amide bonds. The van der Waals surface area contributed by atoms with Gasteiger partial charge in [0.05, 0.1) is 18.0 Å². The van der Waals surface area contributed by atoms with E-state index >= 15 is 0 Å². The summed E-state index contributed by atoms with van der Waals surface area (Å²) >= 11 is 0. The van der Waals surface area contributed by atoms with Crippen LogP contribution in [0.5, 0.6) is 5.75 Å². The predicted molar refractivity (Wildman–Crippen MR) is 128 cm³/mol. The minimum absolute atomic E-state index is 0.143. The molecule has 33 heavy (non-hydrogen) atoms. The molecule has 0 saturated heterocycles. The monoisotopic (exact) mass is 473 g/mol. The van der Waals surface area contributed by atoms with Gasteiger partial charge in [0.15, 0.2) is 0 Å². The number of ether oxygens (including phenoxy) is 1. The molecule has 1 aliphatic rings. The van der Waals surface area contributed by atoms with Gasteiger partial charge in [0.2, 0.25) is 21.8 Å². The van der Waals surface area contributed by atoms with Crippen LogP contribution in [0.3, 0.4) is 0 Å². The highest BCUT2D eigenvalue weighted by Crippen LogP contribution is 2.28. The molecule has 0 aliphatic heterocycles. The lowest BCUT2D eigenvalue weighted by Gasteiger charge is -2.33. The molecule has 2 aromatic rings. The second-order valence-electron chi connectivity index (χ2n) is 8.05. The molecule has 2 N–H and O–H groups in total. The standard InChI is InChI=1S/C24H31N3O5S/c1-3-32-22-13-15-23(16-14-22)33(30,31)27(21-7-5-4-6-8-21)17-24(29)26-20-11-9-19(10-12-20)25-18(2)28/h9-16,21H,3-8,17H2,1-2H3,(H,25,28)(H,26,29). The molecular formula is C24H31N3O5S. The van der Waals surface area contributed by atoms with Crippen molar-refractivity contribution < 1.29 is 22.7 Å². The number of anilines is 2. The van der Waals surface area contributed by atoms with E-state index in [9.17, 15) is 18.0 Å². The Morgan fingerprint density at radius 2 is 1.52 bits per heavy atom. The number of carbonyl (C=O) groups excluding carboxylic acids is 2. The molecular weight excluding hydrogens is 442 g/mol. The van der Waals surface area contributed by atoms with E-state index in [0.29, 0.717) is 23.7 Å². The number of nitrogens with one attached hydrogen (secondary N) is 2. The Balaban J connectivity index is 1.77. The lowest BCUT2D eigenvalue weighted by molar-refractivity contribution is -0.117. The average molecular weight is 474 g/mol. The van der Waals surface area contributed by atoms with Crippen LogP contribution in [0.2, 0.25) is 0 Å². The molecule has 0 spiro atoms.